The fourth-order valence-electron chi connectivity index (χ4n) is 0.581. The average Bonchev–Trinajstić information content (AvgIpc) is 1.85. The number of hydrogen-bond donors (Lipinski definition) is 0. The first-order valence-corrected chi connectivity index (χ1v) is 5.18. The van der Waals surface area contributed by atoms with Crippen LogP contribution in [-0.4, -0.2) is 20.1 Å². The minimum atomic E-state index is -3.65. The van der Waals surface area contributed by atoms with Crippen molar-refractivity contribution in [3.8, 4) is 0 Å². The van der Waals surface area contributed by atoms with E-state index >= 15 is 0 Å². The number of carbonyl (C=O) groups is 1. The van der Waals surface area contributed by atoms with Crippen LogP contribution in [0.15, 0.2) is 12.2 Å². The van der Waals surface area contributed by atoms with E-state index in [1.807, 2.05) is 0 Å². The van der Waals surface area contributed by atoms with Crippen molar-refractivity contribution in [1.82, 2.24) is 0 Å². The maximum atomic E-state index is 10.8. The van der Waals surface area contributed by atoms with Gasteiger partial charge < -0.3 is 4.18 Å². The maximum Gasteiger partial charge on any atom is 0.346 e. The van der Waals surface area contributed by atoms with Crippen LogP contribution in [0.2, 0.25) is 0 Å². The van der Waals surface area contributed by atoms with E-state index in [0.29, 0.717) is 6.42 Å². The third-order valence-corrected chi connectivity index (χ3v) is 2.29. The summed E-state index contributed by atoms with van der Waals surface area (Å²) in [4.78, 5) is 10.6. The van der Waals surface area contributed by atoms with Gasteiger partial charge in [-0.2, -0.15) is 8.42 Å². The first kappa shape index (κ1) is 11.2. The summed E-state index contributed by atoms with van der Waals surface area (Å²) in [5.41, 5.74) is 0. The van der Waals surface area contributed by atoms with Crippen molar-refractivity contribution in [2.45, 2.75) is 20.3 Å². The second-order valence-electron chi connectivity index (χ2n) is 2.16. The summed E-state index contributed by atoms with van der Waals surface area (Å²) in [6, 6.07) is 0. The van der Waals surface area contributed by atoms with Gasteiger partial charge in [0.05, 0.1) is 5.75 Å². The lowest BCUT2D eigenvalue weighted by Crippen LogP contribution is -2.13. The lowest BCUT2D eigenvalue weighted by Gasteiger charge is -1.99. The normalized spacial score (nSPS) is 11.8. The Balaban J connectivity index is 4.16. The number of carbonyl (C=O) groups excluding carboxylic acids is 1. The fourth-order valence-corrected chi connectivity index (χ4v) is 1.47. The summed E-state index contributed by atoms with van der Waals surface area (Å²) in [5, 5.41) is 0. The highest BCUT2D eigenvalue weighted by molar-refractivity contribution is 7.87. The standard InChI is InChI=1S/C7H12O4S/c1-3-5-7(8)11-12(9,10)6-4-2/h3,5H,4,6H2,1-2H3. The van der Waals surface area contributed by atoms with Crippen LogP contribution in [0.25, 0.3) is 0 Å². The summed E-state index contributed by atoms with van der Waals surface area (Å²) in [6.45, 7) is 3.30. The zero-order valence-corrected chi connectivity index (χ0v) is 7.93. The van der Waals surface area contributed by atoms with E-state index in [1.165, 1.54) is 6.08 Å². The molecule has 0 aliphatic heterocycles. The molecule has 0 aromatic rings. The quantitative estimate of drug-likeness (QED) is 0.489. The predicted octanol–water partition coefficient (Wildman–Crippen LogP) is 0.846. The molecule has 0 aromatic carbocycles. The van der Waals surface area contributed by atoms with Gasteiger partial charge in [0.15, 0.2) is 0 Å². The van der Waals surface area contributed by atoms with E-state index in [1.54, 1.807) is 13.8 Å². The van der Waals surface area contributed by atoms with Crippen LogP contribution >= 0.6 is 0 Å². The predicted molar refractivity (Wildman–Crippen MR) is 45.0 cm³/mol. The summed E-state index contributed by atoms with van der Waals surface area (Å²) in [6.07, 6.45) is 2.92. The molecule has 12 heavy (non-hydrogen) atoms. The summed E-state index contributed by atoms with van der Waals surface area (Å²) >= 11 is 0. The van der Waals surface area contributed by atoms with Crippen LogP contribution in [0.4, 0.5) is 0 Å². The molecule has 0 rings (SSSR count). The minimum absolute atomic E-state index is 0.129. The van der Waals surface area contributed by atoms with Gasteiger partial charge in [0.2, 0.25) is 0 Å². The largest absolute Gasteiger partial charge is 0.346 e. The molecular formula is C7H12O4S. The second-order valence-corrected chi connectivity index (χ2v) is 3.85. The van der Waals surface area contributed by atoms with Crippen molar-refractivity contribution < 1.29 is 17.4 Å². The Hall–Kier alpha value is -0.840. The molecule has 0 atom stereocenters. The van der Waals surface area contributed by atoms with Gasteiger partial charge >= 0.3 is 16.1 Å². The van der Waals surface area contributed by atoms with Gasteiger partial charge in [-0.05, 0) is 13.3 Å². The number of hydrogen-bond acceptors (Lipinski definition) is 4. The Kier molecular flexibility index (Phi) is 4.58. The zero-order chi connectivity index (χ0) is 9.61. The van der Waals surface area contributed by atoms with Crippen molar-refractivity contribution in [1.29, 1.82) is 0 Å². The van der Waals surface area contributed by atoms with Crippen LogP contribution in [0, 0.1) is 0 Å². The van der Waals surface area contributed by atoms with Crippen LogP contribution in [0.5, 0.6) is 0 Å². The molecule has 0 aliphatic rings. The van der Waals surface area contributed by atoms with Gasteiger partial charge in [-0.3, -0.25) is 0 Å². The maximum absolute atomic E-state index is 10.8. The number of allylic oxidation sites excluding steroid dienone is 1. The Morgan fingerprint density at radius 1 is 1.50 bits per heavy atom. The lowest BCUT2D eigenvalue weighted by atomic mass is 10.5. The Morgan fingerprint density at radius 2 is 2.08 bits per heavy atom. The van der Waals surface area contributed by atoms with Crippen LogP contribution in [-0.2, 0) is 19.1 Å². The Morgan fingerprint density at radius 3 is 2.50 bits per heavy atom. The van der Waals surface area contributed by atoms with Gasteiger partial charge in [-0.1, -0.05) is 13.0 Å². The first-order valence-electron chi connectivity index (χ1n) is 3.60. The molecule has 0 unspecified atom stereocenters. The summed E-state index contributed by atoms with van der Waals surface area (Å²) < 4.78 is 25.8. The lowest BCUT2D eigenvalue weighted by molar-refractivity contribution is -0.128. The summed E-state index contributed by atoms with van der Waals surface area (Å²) in [7, 11) is -3.65. The van der Waals surface area contributed by atoms with Gasteiger partial charge in [0.1, 0.15) is 0 Å². The van der Waals surface area contributed by atoms with Gasteiger partial charge in [-0.15, -0.1) is 0 Å². The smallest absolute Gasteiger partial charge is 0.342 e. The molecule has 4 nitrogen and oxygen atoms in total. The number of rotatable bonds is 4. The molecule has 0 heterocycles. The van der Waals surface area contributed by atoms with Crippen molar-refractivity contribution >= 4 is 16.1 Å². The molecule has 0 aromatic heterocycles. The van der Waals surface area contributed by atoms with Gasteiger partial charge in [-0.25, -0.2) is 4.79 Å². The highest BCUT2D eigenvalue weighted by Crippen LogP contribution is 1.97. The Labute approximate surface area is 72.3 Å². The van der Waals surface area contributed by atoms with Crippen LogP contribution in [0.3, 0.4) is 0 Å². The third kappa shape index (κ3) is 4.90. The minimum Gasteiger partial charge on any atom is -0.342 e. The van der Waals surface area contributed by atoms with E-state index < -0.39 is 16.1 Å². The van der Waals surface area contributed by atoms with Crippen molar-refractivity contribution in [3.63, 3.8) is 0 Å². The Bertz CT molecular complexity index is 263. The van der Waals surface area contributed by atoms with E-state index in [-0.39, 0.29) is 5.75 Å². The van der Waals surface area contributed by atoms with E-state index in [9.17, 15) is 13.2 Å². The molecular weight excluding hydrogens is 180 g/mol. The zero-order valence-electron chi connectivity index (χ0n) is 7.11. The molecule has 0 saturated carbocycles. The first-order chi connectivity index (χ1) is 5.52. The van der Waals surface area contributed by atoms with Crippen LogP contribution in [0.1, 0.15) is 20.3 Å². The van der Waals surface area contributed by atoms with Gasteiger partial charge in [0.25, 0.3) is 0 Å². The molecule has 5 heteroatoms. The molecule has 0 N–H and O–H groups in total. The summed E-state index contributed by atoms with van der Waals surface area (Å²) in [5.74, 6) is -0.970. The molecule has 0 aliphatic carbocycles. The molecule has 70 valence electrons. The second kappa shape index (κ2) is 4.92. The SMILES string of the molecule is CC=CC(=O)OS(=O)(=O)CCC. The van der Waals surface area contributed by atoms with E-state index in [0.717, 1.165) is 6.08 Å². The van der Waals surface area contributed by atoms with E-state index in [2.05, 4.69) is 4.18 Å². The molecule has 0 bridgehead atoms. The van der Waals surface area contributed by atoms with E-state index in [4.69, 9.17) is 0 Å². The average molecular weight is 192 g/mol. The topological polar surface area (TPSA) is 60.4 Å². The van der Waals surface area contributed by atoms with Crippen molar-refractivity contribution in [2.75, 3.05) is 5.75 Å². The molecule has 0 amide bonds. The fraction of sp³-hybridized carbons (Fsp3) is 0.571. The molecule has 0 fully saturated rings. The highest BCUT2D eigenvalue weighted by Gasteiger charge is 2.12. The molecule has 0 spiro atoms. The molecule has 0 radical (unpaired) electrons. The van der Waals surface area contributed by atoms with Crippen molar-refractivity contribution in [2.24, 2.45) is 0 Å². The van der Waals surface area contributed by atoms with Crippen molar-refractivity contribution in [3.05, 3.63) is 12.2 Å². The van der Waals surface area contributed by atoms with Gasteiger partial charge in [0, 0.05) is 6.08 Å². The monoisotopic (exact) mass is 192 g/mol. The van der Waals surface area contributed by atoms with Crippen LogP contribution < -0.4 is 0 Å². The molecule has 0 saturated heterocycles. The third-order valence-electron chi connectivity index (χ3n) is 0.966. The highest BCUT2D eigenvalue weighted by atomic mass is 32.2.